The smallest absolute Gasteiger partial charge is 0.0758 e. The molecule has 0 bridgehead atoms. The van der Waals surface area contributed by atoms with Gasteiger partial charge in [0.05, 0.1) is 5.52 Å². The van der Waals surface area contributed by atoms with Crippen molar-refractivity contribution in [3.05, 3.63) is 33.4 Å². The third-order valence-corrected chi connectivity index (χ3v) is 4.25. The van der Waals surface area contributed by atoms with Crippen LogP contribution in [0.3, 0.4) is 0 Å². The second kappa shape index (κ2) is 4.54. The Labute approximate surface area is 116 Å². The van der Waals surface area contributed by atoms with Gasteiger partial charge >= 0.3 is 0 Å². The summed E-state index contributed by atoms with van der Waals surface area (Å²) in [4.78, 5) is 4.92. The van der Waals surface area contributed by atoms with Crippen LogP contribution in [0.5, 0.6) is 0 Å². The highest BCUT2D eigenvalue weighted by Gasteiger charge is 2.20. The molecule has 0 saturated heterocycles. The summed E-state index contributed by atoms with van der Waals surface area (Å²) >= 11 is 3.61. The topological polar surface area (TPSA) is 24.9 Å². The molecule has 1 aromatic carbocycles. The van der Waals surface area contributed by atoms with Crippen LogP contribution >= 0.6 is 15.9 Å². The Balaban J connectivity index is 2.42. The number of aromatic nitrogens is 1. The van der Waals surface area contributed by atoms with E-state index < -0.39 is 0 Å². The molecule has 3 rings (SSSR count). The summed E-state index contributed by atoms with van der Waals surface area (Å²) in [5, 5.41) is 4.64. The number of nitrogens with zero attached hydrogens (tertiary/aromatic N) is 1. The van der Waals surface area contributed by atoms with Gasteiger partial charge in [0.25, 0.3) is 0 Å². The van der Waals surface area contributed by atoms with Gasteiger partial charge in [0.2, 0.25) is 0 Å². The summed E-state index contributed by atoms with van der Waals surface area (Å²) in [5.41, 5.74) is 6.49. The molecule has 0 aliphatic heterocycles. The number of rotatable bonds is 2. The predicted octanol–water partition coefficient (Wildman–Crippen LogP) is 4.09. The molecule has 1 N–H and O–H groups in total. The Morgan fingerprint density at radius 2 is 2.17 bits per heavy atom. The van der Waals surface area contributed by atoms with E-state index in [2.05, 4.69) is 40.3 Å². The molecular formula is C15H17BrN2. The second-order valence-corrected chi connectivity index (χ2v) is 5.75. The molecule has 0 fully saturated rings. The lowest BCUT2D eigenvalue weighted by Crippen LogP contribution is -2.01. The monoisotopic (exact) mass is 304 g/mol. The largest absolute Gasteiger partial charge is 0.387 e. The van der Waals surface area contributed by atoms with E-state index in [1.54, 1.807) is 0 Å². The molecular weight excluding hydrogens is 288 g/mol. The van der Waals surface area contributed by atoms with Gasteiger partial charge in [0, 0.05) is 28.3 Å². The number of pyridine rings is 1. The number of aryl methyl sites for hydroxylation is 2. The van der Waals surface area contributed by atoms with Gasteiger partial charge in [-0.05, 0) is 48.9 Å². The molecule has 1 heterocycles. The van der Waals surface area contributed by atoms with E-state index in [0.717, 1.165) is 23.7 Å². The summed E-state index contributed by atoms with van der Waals surface area (Å²) in [6, 6.07) is 4.38. The van der Waals surface area contributed by atoms with Crippen molar-refractivity contribution in [2.24, 2.45) is 0 Å². The molecule has 1 aliphatic rings. The fourth-order valence-corrected chi connectivity index (χ4v) is 3.46. The van der Waals surface area contributed by atoms with Gasteiger partial charge in [0.1, 0.15) is 0 Å². The fraction of sp³-hybridized carbons (Fsp3) is 0.400. The lowest BCUT2D eigenvalue weighted by atomic mass is 10.0. The van der Waals surface area contributed by atoms with Crippen LogP contribution in [0.2, 0.25) is 0 Å². The molecule has 1 aromatic heterocycles. The van der Waals surface area contributed by atoms with Crippen molar-refractivity contribution >= 4 is 32.5 Å². The first-order chi connectivity index (χ1) is 8.74. The zero-order valence-electron chi connectivity index (χ0n) is 10.8. The summed E-state index contributed by atoms with van der Waals surface area (Å²) in [5.74, 6) is 0. The van der Waals surface area contributed by atoms with Gasteiger partial charge in [-0.25, -0.2) is 0 Å². The highest BCUT2D eigenvalue weighted by Crippen LogP contribution is 2.36. The minimum Gasteiger partial charge on any atom is -0.387 e. The maximum atomic E-state index is 4.92. The van der Waals surface area contributed by atoms with E-state index >= 15 is 0 Å². The van der Waals surface area contributed by atoms with Crippen molar-refractivity contribution in [3.63, 3.8) is 0 Å². The molecule has 18 heavy (non-hydrogen) atoms. The quantitative estimate of drug-likeness (QED) is 0.904. The van der Waals surface area contributed by atoms with Crippen molar-refractivity contribution in [1.29, 1.82) is 0 Å². The zero-order chi connectivity index (χ0) is 12.7. The Bertz CT molecular complexity index is 620. The molecule has 2 aromatic rings. The highest BCUT2D eigenvalue weighted by atomic mass is 79.9. The number of anilines is 1. The summed E-state index contributed by atoms with van der Waals surface area (Å²) in [7, 11) is 2.01. The third-order valence-electron chi connectivity index (χ3n) is 3.79. The van der Waals surface area contributed by atoms with Crippen LogP contribution in [0.1, 0.15) is 30.2 Å². The van der Waals surface area contributed by atoms with E-state index in [-0.39, 0.29) is 0 Å². The van der Waals surface area contributed by atoms with Crippen LogP contribution in [0, 0.1) is 0 Å². The lowest BCUT2D eigenvalue weighted by Gasteiger charge is -2.14. The fourth-order valence-electron chi connectivity index (χ4n) is 2.95. The van der Waals surface area contributed by atoms with Gasteiger partial charge in [0.15, 0.2) is 0 Å². The molecule has 2 nitrogen and oxygen atoms in total. The van der Waals surface area contributed by atoms with Crippen LogP contribution in [-0.4, -0.2) is 12.0 Å². The number of fused-ring (bicyclic) bond motifs is 2. The van der Waals surface area contributed by atoms with E-state index in [1.165, 1.54) is 39.8 Å². The molecule has 0 spiro atoms. The summed E-state index contributed by atoms with van der Waals surface area (Å²) in [6.45, 7) is 2.19. The van der Waals surface area contributed by atoms with Gasteiger partial charge in [-0.2, -0.15) is 0 Å². The molecule has 0 unspecified atom stereocenters. The molecule has 0 atom stereocenters. The minimum absolute atomic E-state index is 1.02. The second-order valence-electron chi connectivity index (χ2n) is 4.83. The maximum Gasteiger partial charge on any atom is 0.0758 e. The SMILES string of the molecule is CCc1cc(Br)cc2c(NC)c3c(nc12)CCC3. The number of hydrogen-bond donors (Lipinski definition) is 1. The molecule has 0 radical (unpaired) electrons. The zero-order valence-corrected chi connectivity index (χ0v) is 12.4. The van der Waals surface area contributed by atoms with E-state index in [9.17, 15) is 0 Å². The van der Waals surface area contributed by atoms with E-state index in [1.807, 2.05) is 7.05 Å². The lowest BCUT2D eigenvalue weighted by molar-refractivity contribution is 0.901. The van der Waals surface area contributed by atoms with Gasteiger partial charge < -0.3 is 5.32 Å². The van der Waals surface area contributed by atoms with Gasteiger partial charge in [-0.15, -0.1) is 0 Å². The highest BCUT2D eigenvalue weighted by molar-refractivity contribution is 9.10. The van der Waals surface area contributed by atoms with Crippen LogP contribution in [-0.2, 0) is 19.3 Å². The Kier molecular flexibility index (Phi) is 3.02. The Hall–Kier alpha value is -1.09. The third kappa shape index (κ3) is 1.72. The molecule has 94 valence electrons. The van der Waals surface area contributed by atoms with Crippen LogP contribution < -0.4 is 5.32 Å². The Morgan fingerprint density at radius 3 is 2.89 bits per heavy atom. The summed E-state index contributed by atoms with van der Waals surface area (Å²) < 4.78 is 1.14. The van der Waals surface area contributed by atoms with Crippen LogP contribution in [0.4, 0.5) is 5.69 Å². The van der Waals surface area contributed by atoms with Crippen molar-refractivity contribution in [1.82, 2.24) is 4.98 Å². The average Bonchev–Trinajstić information content (AvgIpc) is 2.83. The molecule has 0 saturated carbocycles. The number of nitrogens with one attached hydrogen (secondary N) is 1. The normalized spacial score (nSPS) is 13.9. The molecule has 3 heteroatoms. The average molecular weight is 305 g/mol. The first-order valence-corrected chi connectivity index (χ1v) is 7.35. The van der Waals surface area contributed by atoms with E-state index in [0.29, 0.717) is 0 Å². The number of hydrogen-bond acceptors (Lipinski definition) is 2. The first kappa shape index (κ1) is 12.0. The number of benzene rings is 1. The minimum atomic E-state index is 1.02. The van der Waals surface area contributed by atoms with Crippen molar-refractivity contribution in [2.75, 3.05) is 12.4 Å². The van der Waals surface area contributed by atoms with Gasteiger partial charge in [-0.1, -0.05) is 22.9 Å². The van der Waals surface area contributed by atoms with Crippen molar-refractivity contribution < 1.29 is 0 Å². The van der Waals surface area contributed by atoms with Crippen molar-refractivity contribution in [2.45, 2.75) is 32.6 Å². The van der Waals surface area contributed by atoms with E-state index in [4.69, 9.17) is 4.98 Å². The first-order valence-electron chi connectivity index (χ1n) is 6.56. The molecule has 1 aliphatic carbocycles. The van der Waals surface area contributed by atoms with Crippen LogP contribution in [0.25, 0.3) is 10.9 Å². The maximum absolute atomic E-state index is 4.92. The molecule has 0 amide bonds. The van der Waals surface area contributed by atoms with Gasteiger partial charge in [-0.3, -0.25) is 4.98 Å². The standard InChI is InChI=1S/C15H17BrN2/c1-3-9-7-10(16)8-12-14(9)18-13-6-4-5-11(13)15(12)17-2/h7-8H,3-6H2,1-2H3,(H,17,18). The number of halogens is 1. The van der Waals surface area contributed by atoms with Crippen LogP contribution in [0.15, 0.2) is 16.6 Å². The van der Waals surface area contributed by atoms with Crippen molar-refractivity contribution in [3.8, 4) is 0 Å². The summed E-state index contributed by atoms with van der Waals surface area (Å²) in [6.07, 6.45) is 4.53. The Morgan fingerprint density at radius 1 is 1.33 bits per heavy atom. The predicted molar refractivity (Wildman–Crippen MR) is 80.4 cm³/mol.